The number of aliphatic hydroxyl groups excluding tert-OH is 1. The van der Waals surface area contributed by atoms with Crippen molar-refractivity contribution in [2.24, 2.45) is 29.1 Å². The lowest BCUT2D eigenvalue weighted by Crippen LogP contribution is -2.42. The van der Waals surface area contributed by atoms with Crippen molar-refractivity contribution in [3.8, 4) is 0 Å². The Morgan fingerprint density at radius 1 is 1.25 bits per heavy atom. The van der Waals surface area contributed by atoms with Crippen LogP contribution in [0.15, 0.2) is 35.5 Å². The minimum absolute atomic E-state index is 0.176. The van der Waals surface area contributed by atoms with E-state index in [9.17, 15) is 5.11 Å². The Morgan fingerprint density at radius 3 is 3.00 bits per heavy atom. The van der Waals surface area contributed by atoms with Crippen LogP contribution in [0.1, 0.15) is 45.4 Å². The van der Waals surface area contributed by atoms with Crippen molar-refractivity contribution in [2.45, 2.75) is 45.4 Å². The fourth-order valence-electron chi connectivity index (χ4n) is 5.75. The molecule has 1 heteroatoms. The van der Waals surface area contributed by atoms with E-state index >= 15 is 0 Å². The molecule has 2 fully saturated rings. The second kappa shape index (κ2) is 4.59. The summed E-state index contributed by atoms with van der Waals surface area (Å²) >= 11 is 0. The molecule has 1 N–H and O–H groups in total. The minimum atomic E-state index is 0.176. The third-order valence-corrected chi connectivity index (χ3v) is 6.80. The van der Waals surface area contributed by atoms with E-state index in [0.717, 1.165) is 23.3 Å². The monoisotopic (exact) mass is 270 g/mol. The maximum absolute atomic E-state index is 9.32. The number of hydrogen-bond donors (Lipinski definition) is 1. The van der Waals surface area contributed by atoms with E-state index in [-0.39, 0.29) is 6.61 Å². The first-order chi connectivity index (χ1) is 9.71. The molecule has 0 bridgehead atoms. The lowest BCUT2D eigenvalue weighted by Gasteiger charge is -2.51. The zero-order valence-corrected chi connectivity index (χ0v) is 12.5. The molecule has 4 aliphatic rings. The predicted molar refractivity (Wildman–Crippen MR) is 82.2 cm³/mol. The Labute approximate surface area is 122 Å². The summed E-state index contributed by atoms with van der Waals surface area (Å²) in [5, 5.41) is 9.32. The van der Waals surface area contributed by atoms with Gasteiger partial charge >= 0.3 is 0 Å². The van der Waals surface area contributed by atoms with Crippen LogP contribution in [0.4, 0.5) is 0 Å². The number of hydrogen-bond acceptors (Lipinski definition) is 1. The highest BCUT2D eigenvalue weighted by molar-refractivity contribution is 5.41. The van der Waals surface area contributed by atoms with Crippen LogP contribution in [0, 0.1) is 29.1 Å². The lowest BCUT2D eigenvalue weighted by atomic mass is 9.54. The summed E-state index contributed by atoms with van der Waals surface area (Å²) in [6, 6.07) is 0. The molecule has 0 radical (unpaired) electrons. The standard InChI is InChI=1S/C19H26O/c1-19-9-2-3-18(19)17-7-5-14-11-13(12-20)4-6-15(14)16(17)8-10-19/h4-6,11,15-18,20H,2-3,7-10,12H2,1H3/t15-,16+,17+,18-,19-/m0/s1. The van der Waals surface area contributed by atoms with Crippen LogP contribution in [-0.2, 0) is 0 Å². The maximum Gasteiger partial charge on any atom is 0.0681 e. The van der Waals surface area contributed by atoms with Gasteiger partial charge in [-0.25, -0.2) is 0 Å². The van der Waals surface area contributed by atoms with Gasteiger partial charge in [-0.1, -0.05) is 37.6 Å². The summed E-state index contributed by atoms with van der Waals surface area (Å²) in [5.41, 5.74) is 3.21. The van der Waals surface area contributed by atoms with Crippen molar-refractivity contribution < 1.29 is 5.11 Å². The largest absolute Gasteiger partial charge is 0.392 e. The summed E-state index contributed by atoms with van der Waals surface area (Å²) in [6.07, 6.45) is 17.8. The normalized spacial score (nSPS) is 46.1. The minimum Gasteiger partial charge on any atom is -0.392 e. The average Bonchev–Trinajstić information content (AvgIpc) is 2.88. The SMILES string of the molecule is C[C@@]12CCC[C@H]1[C@@H]1CC=C3C=C(CO)C=C[C@@H]3[C@H]1CC2. The summed E-state index contributed by atoms with van der Waals surface area (Å²) in [7, 11) is 0. The van der Waals surface area contributed by atoms with E-state index in [4.69, 9.17) is 0 Å². The van der Waals surface area contributed by atoms with Crippen LogP contribution < -0.4 is 0 Å². The summed E-state index contributed by atoms with van der Waals surface area (Å²) in [4.78, 5) is 0. The lowest BCUT2D eigenvalue weighted by molar-refractivity contribution is 0.0246. The molecule has 0 aromatic carbocycles. The molecule has 0 unspecified atom stereocenters. The smallest absolute Gasteiger partial charge is 0.0681 e. The molecular weight excluding hydrogens is 244 g/mol. The molecule has 0 amide bonds. The van der Waals surface area contributed by atoms with E-state index < -0.39 is 0 Å². The second-order valence-corrected chi connectivity index (χ2v) is 7.72. The molecule has 1 nitrogen and oxygen atoms in total. The van der Waals surface area contributed by atoms with Gasteiger partial charge in [-0.3, -0.25) is 0 Å². The Kier molecular flexibility index (Phi) is 2.96. The van der Waals surface area contributed by atoms with E-state index in [1.807, 2.05) is 0 Å². The zero-order valence-electron chi connectivity index (χ0n) is 12.5. The topological polar surface area (TPSA) is 20.2 Å². The molecule has 0 heterocycles. The van der Waals surface area contributed by atoms with Gasteiger partial charge in [-0.2, -0.15) is 0 Å². The first-order valence-electron chi connectivity index (χ1n) is 8.41. The van der Waals surface area contributed by atoms with Crippen LogP contribution >= 0.6 is 0 Å². The van der Waals surface area contributed by atoms with Crippen LogP contribution in [0.3, 0.4) is 0 Å². The predicted octanol–water partition coefficient (Wildman–Crippen LogP) is 4.25. The van der Waals surface area contributed by atoms with Crippen LogP contribution in [0.5, 0.6) is 0 Å². The van der Waals surface area contributed by atoms with Crippen molar-refractivity contribution in [1.29, 1.82) is 0 Å². The van der Waals surface area contributed by atoms with Crippen molar-refractivity contribution in [2.75, 3.05) is 6.61 Å². The fraction of sp³-hybridized carbons (Fsp3) is 0.684. The Bertz CT molecular complexity index is 498. The highest BCUT2D eigenvalue weighted by Gasteiger charge is 2.51. The van der Waals surface area contributed by atoms with E-state index in [1.165, 1.54) is 44.1 Å². The molecule has 4 aliphatic carbocycles. The average molecular weight is 270 g/mol. The summed E-state index contributed by atoms with van der Waals surface area (Å²) in [6.45, 7) is 2.73. The number of aliphatic hydroxyl groups is 1. The molecule has 108 valence electrons. The Morgan fingerprint density at radius 2 is 2.15 bits per heavy atom. The van der Waals surface area contributed by atoms with Gasteiger partial charge in [0.2, 0.25) is 0 Å². The molecule has 0 aliphatic heterocycles. The quantitative estimate of drug-likeness (QED) is 0.755. The Hall–Kier alpha value is -0.820. The molecule has 5 atom stereocenters. The third-order valence-electron chi connectivity index (χ3n) is 6.80. The molecule has 0 aromatic rings. The van der Waals surface area contributed by atoms with Crippen molar-refractivity contribution in [1.82, 2.24) is 0 Å². The van der Waals surface area contributed by atoms with Crippen molar-refractivity contribution >= 4 is 0 Å². The van der Waals surface area contributed by atoms with Gasteiger partial charge in [0.15, 0.2) is 0 Å². The molecule has 0 saturated heterocycles. The fourth-order valence-corrected chi connectivity index (χ4v) is 5.75. The molecule has 0 aromatic heterocycles. The van der Waals surface area contributed by atoms with Gasteiger partial charge in [0.25, 0.3) is 0 Å². The molecule has 20 heavy (non-hydrogen) atoms. The number of fused-ring (bicyclic) bond motifs is 5. The van der Waals surface area contributed by atoms with Gasteiger partial charge in [-0.15, -0.1) is 0 Å². The van der Waals surface area contributed by atoms with Gasteiger partial charge < -0.3 is 5.11 Å². The number of allylic oxidation sites excluding steroid dienone is 4. The first kappa shape index (κ1) is 12.9. The van der Waals surface area contributed by atoms with Gasteiger partial charge in [0.05, 0.1) is 6.61 Å². The molecule has 2 saturated carbocycles. The molecule has 4 rings (SSSR count). The van der Waals surface area contributed by atoms with E-state index in [2.05, 4.69) is 31.2 Å². The maximum atomic E-state index is 9.32. The van der Waals surface area contributed by atoms with Crippen LogP contribution in [0.25, 0.3) is 0 Å². The van der Waals surface area contributed by atoms with Crippen molar-refractivity contribution in [3.05, 3.63) is 35.5 Å². The summed E-state index contributed by atoms with van der Waals surface area (Å²) in [5.74, 6) is 3.38. The van der Waals surface area contributed by atoms with Crippen LogP contribution in [-0.4, -0.2) is 11.7 Å². The number of rotatable bonds is 1. The highest BCUT2D eigenvalue weighted by Crippen LogP contribution is 2.60. The first-order valence-corrected chi connectivity index (χ1v) is 8.41. The Balaban J connectivity index is 1.65. The second-order valence-electron chi connectivity index (χ2n) is 7.72. The highest BCUT2D eigenvalue weighted by atomic mass is 16.3. The van der Waals surface area contributed by atoms with Gasteiger partial charge in [0.1, 0.15) is 0 Å². The summed E-state index contributed by atoms with van der Waals surface area (Å²) < 4.78 is 0. The van der Waals surface area contributed by atoms with E-state index in [0.29, 0.717) is 11.3 Å². The van der Waals surface area contributed by atoms with E-state index in [1.54, 1.807) is 0 Å². The van der Waals surface area contributed by atoms with Crippen molar-refractivity contribution in [3.63, 3.8) is 0 Å². The van der Waals surface area contributed by atoms with Gasteiger partial charge in [-0.05, 0) is 66.4 Å². The van der Waals surface area contributed by atoms with Crippen LogP contribution in [0.2, 0.25) is 0 Å². The molecular formula is C19H26O. The van der Waals surface area contributed by atoms with Gasteiger partial charge in [0, 0.05) is 5.92 Å². The third kappa shape index (κ3) is 1.79. The zero-order chi connectivity index (χ0) is 13.7. The molecule has 0 spiro atoms.